The number of H-pyrrole nitrogens is 1. The number of carboxylic acid groups (broad SMARTS) is 1. The van der Waals surface area contributed by atoms with Gasteiger partial charge in [-0.05, 0) is 25.8 Å². The van der Waals surface area contributed by atoms with E-state index in [0.29, 0.717) is 12.2 Å². The molecule has 0 aliphatic rings. The maximum atomic E-state index is 10.5. The average molecular weight is 338 g/mol. The summed E-state index contributed by atoms with van der Waals surface area (Å²) >= 11 is 0. The van der Waals surface area contributed by atoms with E-state index in [4.69, 9.17) is 10.1 Å². The number of anilines is 1. The summed E-state index contributed by atoms with van der Waals surface area (Å²) in [6.07, 6.45) is 2.72. The number of carboxylic acids is 1. The fourth-order valence-electron chi connectivity index (χ4n) is 2.78. The molecule has 0 radical (unpaired) electrons. The normalized spacial score (nSPS) is 10.9. The van der Waals surface area contributed by atoms with E-state index < -0.39 is 5.97 Å². The molecule has 0 atom stereocenters. The van der Waals surface area contributed by atoms with Crippen LogP contribution in [0.25, 0.3) is 22.4 Å². The van der Waals surface area contributed by atoms with E-state index in [9.17, 15) is 4.79 Å². The Labute approximate surface area is 146 Å². The number of nitrogens with one attached hydrogen (secondary N) is 2. The molecule has 3 N–H and O–H groups in total. The molecule has 3 rings (SSSR count). The lowest BCUT2D eigenvalue weighted by molar-refractivity contribution is -0.137. The lowest BCUT2D eigenvalue weighted by atomic mass is 10.2. The Morgan fingerprint density at radius 1 is 1.16 bits per heavy atom. The van der Waals surface area contributed by atoms with Crippen LogP contribution in [0.15, 0.2) is 36.4 Å². The number of aliphatic carboxylic acids is 1. The summed E-state index contributed by atoms with van der Waals surface area (Å²) in [4.78, 5) is 23.1. The van der Waals surface area contributed by atoms with E-state index in [1.54, 1.807) is 0 Å². The van der Waals surface area contributed by atoms with E-state index >= 15 is 0 Å². The van der Waals surface area contributed by atoms with Crippen LogP contribution in [0.4, 0.5) is 5.82 Å². The number of nitrogens with zero attached hydrogens (tertiary/aromatic N) is 2. The van der Waals surface area contributed by atoms with Gasteiger partial charge in [0.05, 0.1) is 5.39 Å². The molecule has 0 saturated carbocycles. The van der Waals surface area contributed by atoms with Gasteiger partial charge in [-0.2, -0.15) is 0 Å². The van der Waals surface area contributed by atoms with Gasteiger partial charge < -0.3 is 15.4 Å². The Morgan fingerprint density at radius 2 is 1.96 bits per heavy atom. The first kappa shape index (κ1) is 17.0. The maximum Gasteiger partial charge on any atom is 0.303 e. The summed E-state index contributed by atoms with van der Waals surface area (Å²) in [5.74, 6) is 0.760. The molecule has 0 saturated heterocycles. The van der Waals surface area contributed by atoms with Crippen molar-refractivity contribution in [2.24, 2.45) is 0 Å². The van der Waals surface area contributed by atoms with Gasteiger partial charge in [0.25, 0.3) is 0 Å². The summed E-state index contributed by atoms with van der Waals surface area (Å²) in [6, 6.07) is 11.9. The average Bonchev–Trinajstić information content (AvgIpc) is 2.98. The van der Waals surface area contributed by atoms with Crippen molar-refractivity contribution < 1.29 is 9.90 Å². The quantitative estimate of drug-likeness (QED) is 0.540. The second-order valence-electron chi connectivity index (χ2n) is 6.11. The molecule has 3 aromatic rings. The molecule has 0 aliphatic carbocycles. The van der Waals surface area contributed by atoms with Gasteiger partial charge in [-0.25, -0.2) is 9.97 Å². The lowest BCUT2D eigenvalue weighted by Gasteiger charge is -2.09. The largest absolute Gasteiger partial charge is 0.481 e. The van der Waals surface area contributed by atoms with Crippen molar-refractivity contribution in [3.05, 3.63) is 42.1 Å². The second-order valence-corrected chi connectivity index (χ2v) is 6.11. The highest BCUT2D eigenvalue weighted by Gasteiger charge is 2.11. The van der Waals surface area contributed by atoms with Gasteiger partial charge in [0.1, 0.15) is 11.5 Å². The predicted octanol–water partition coefficient (Wildman–Crippen LogP) is 3.99. The maximum absolute atomic E-state index is 10.5. The number of hydrogen-bond donors (Lipinski definition) is 3. The fourth-order valence-corrected chi connectivity index (χ4v) is 2.78. The zero-order valence-electron chi connectivity index (χ0n) is 14.2. The van der Waals surface area contributed by atoms with Gasteiger partial charge >= 0.3 is 5.97 Å². The van der Waals surface area contributed by atoms with Crippen molar-refractivity contribution in [1.29, 1.82) is 0 Å². The molecule has 0 spiro atoms. The van der Waals surface area contributed by atoms with E-state index in [-0.39, 0.29) is 6.42 Å². The molecule has 0 fully saturated rings. The standard InChI is InChI=1S/C19H22N4O2/c1-13-12-15-18(20-11-7-3-6-10-16(24)25)22-17(23-19(15)21-13)14-8-4-2-5-9-14/h2,4-5,8-9,12H,3,6-7,10-11H2,1H3,(H,24,25)(H2,20,21,22,23). The number of carbonyl (C=O) groups is 1. The Bertz CT molecular complexity index is 858. The number of benzene rings is 1. The monoisotopic (exact) mass is 338 g/mol. The third-order valence-electron chi connectivity index (χ3n) is 4.01. The summed E-state index contributed by atoms with van der Waals surface area (Å²) in [6.45, 7) is 2.75. The Kier molecular flexibility index (Phi) is 5.28. The molecule has 2 heterocycles. The van der Waals surface area contributed by atoms with Crippen molar-refractivity contribution in [2.75, 3.05) is 11.9 Å². The Morgan fingerprint density at radius 3 is 2.72 bits per heavy atom. The molecule has 1 aromatic carbocycles. The molecule has 130 valence electrons. The minimum Gasteiger partial charge on any atom is -0.481 e. The number of aryl methyl sites for hydroxylation is 1. The third-order valence-corrected chi connectivity index (χ3v) is 4.01. The van der Waals surface area contributed by atoms with Crippen LogP contribution in [0.2, 0.25) is 0 Å². The highest BCUT2D eigenvalue weighted by molar-refractivity contribution is 5.89. The van der Waals surface area contributed by atoms with E-state index in [1.807, 2.05) is 43.3 Å². The smallest absolute Gasteiger partial charge is 0.303 e. The van der Waals surface area contributed by atoms with Gasteiger partial charge in [-0.1, -0.05) is 36.8 Å². The van der Waals surface area contributed by atoms with Crippen LogP contribution in [0.3, 0.4) is 0 Å². The zero-order valence-corrected chi connectivity index (χ0v) is 14.2. The topological polar surface area (TPSA) is 90.9 Å². The van der Waals surface area contributed by atoms with Gasteiger partial charge in [-0.15, -0.1) is 0 Å². The van der Waals surface area contributed by atoms with Crippen molar-refractivity contribution in [3.63, 3.8) is 0 Å². The van der Waals surface area contributed by atoms with Crippen LogP contribution >= 0.6 is 0 Å². The van der Waals surface area contributed by atoms with Crippen LogP contribution in [-0.4, -0.2) is 32.6 Å². The van der Waals surface area contributed by atoms with Gasteiger partial charge in [0.2, 0.25) is 0 Å². The third kappa shape index (κ3) is 4.35. The highest BCUT2D eigenvalue weighted by atomic mass is 16.4. The number of aromatic nitrogens is 3. The molecule has 0 amide bonds. The molecular formula is C19H22N4O2. The van der Waals surface area contributed by atoms with E-state index in [0.717, 1.165) is 47.5 Å². The first-order chi connectivity index (χ1) is 12.1. The van der Waals surface area contributed by atoms with Gasteiger partial charge in [0, 0.05) is 24.2 Å². The minimum atomic E-state index is -0.735. The lowest BCUT2D eigenvalue weighted by Crippen LogP contribution is -2.06. The second kappa shape index (κ2) is 7.79. The van der Waals surface area contributed by atoms with Crippen LogP contribution in [0.1, 0.15) is 31.4 Å². The van der Waals surface area contributed by atoms with Gasteiger partial charge in [0.15, 0.2) is 5.82 Å². The minimum absolute atomic E-state index is 0.229. The highest BCUT2D eigenvalue weighted by Crippen LogP contribution is 2.25. The predicted molar refractivity (Wildman–Crippen MR) is 98.7 cm³/mol. The Hall–Kier alpha value is -2.89. The number of unbranched alkanes of at least 4 members (excludes halogenated alkanes) is 2. The van der Waals surface area contributed by atoms with Crippen molar-refractivity contribution >= 4 is 22.8 Å². The first-order valence-electron chi connectivity index (χ1n) is 8.52. The molecule has 25 heavy (non-hydrogen) atoms. The van der Waals surface area contributed by atoms with E-state index in [2.05, 4.69) is 15.3 Å². The van der Waals surface area contributed by atoms with Crippen molar-refractivity contribution in [2.45, 2.75) is 32.6 Å². The molecule has 6 heteroatoms. The summed E-state index contributed by atoms with van der Waals surface area (Å²) < 4.78 is 0. The number of fused-ring (bicyclic) bond motifs is 1. The molecular weight excluding hydrogens is 316 g/mol. The van der Waals surface area contributed by atoms with Crippen LogP contribution in [0.5, 0.6) is 0 Å². The van der Waals surface area contributed by atoms with Gasteiger partial charge in [-0.3, -0.25) is 4.79 Å². The van der Waals surface area contributed by atoms with Crippen LogP contribution in [0, 0.1) is 6.92 Å². The molecule has 0 unspecified atom stereocenters. The molecule has 0 aliphatic heterocycles. The zero-order chi connectivity index (χ0) is 17.6. The van der Waals surface area contributed by atoms with Crippen molar-refractivity contribution in [3.8, 4) is 11.4 Å². The Balaban J connectivity index is 1.75. The van der Waals surface area contributed by atoms with Crippen molar-refractivity contribution in [1.82, 2.24) is 15.0 Å². The van der Waals surface area contributed by atoms with Crippen LogP contribution in [-0.2, 0) is 4.79 Å². The number of aromatic amines is 1. The summed E-state index contributed by atoms with van der Waals surface area (Å²) in [5.41, 5.74) is 2.83. The molecule has 0 bridgehead atoms. The van der Waals surface area contributed by atoms with E-state index in [1.165, 1.54) is 0 Å². The fraction of sp³-hybridized carbons (Fsp3) is 0.316. The summed E-state index contributed by atoms with van der Waals surface area (Å²) in [7, 11) is 0. The number of hydrogen-bond acceptors (Lipinski definition) is 4. The summed E-state index contributed by atoms with van der Waals surface area (Å²) in [5, 5.41) is 13.0. The molecule has 6 nitrogen and oxygen atoms in total. The number of rotatable bonds is 8. The first-order valence-corrected chi connectivity index (χ1v) is 8.52. The van der Waals surface area contributed by atoms with Crippen LogP contribution < -0.4 is 5.32 Å². The molecule has 2 aromatic heterocycles. The SMILES string of the molecule is Cc1cc2c(NCCCCCC(=O)O)nc(-c3ccccc3)nc2[nH]1.